The fraction of sp³-hybridized carbons (Fsp3) is 0.952. The molecule has 0 spiro atoms. The predicted octanol–water partition coefficient (Wildman–Crippen LogP) is 3.93. The lowest BCUT2D eigenvalue weighted by molar-refractivity contribution is -0.235. The Balaban J connectivity index is 2.18. The molecule has 0 aromatic heterocycles. The maximum atomic E-state index is 11.5. The Hall–Kier alpha value is -0.610. The van der Waals surface area contributed by atoms with Gasteiger partial charge >= 0.3 is 5.97 Å². The van der Waals surface area contributed by atoms with Crippen LogP contribution in [0.15, 0.2) is 0 Å². The number of carbonyl (C=O) groups is 1. The highest BCUT2D eigenvalue weighted by Crippen LogP contribution is 2.64. The molecule has 7 atom stereocenters. The van der Waals surface area contributed by atoms with Crippen molar-refractivity contribution in [2.24, 2.45) is 28.6 Å². The van der Waals surface area contributed by atoms with Gasteiger partial charge in [0.15, 0.2) is 0 Å². The third-order valence-electron chi connectivity index (χ3n) is 8.24. The molecular weight excluding hydrogens is 316 g/mol. The SMILES string of the molecule is COC(=O)C[C@H](C)CC[C@@]1(C)[C@H](C)CC[C@]2(C)[C@@H]1CC[C@@H](O)[C@]2(C)O. The van der Waals surface area contributed by atoms with E-state index in [4.69, 9.17) is 4.74 Å². The van der Waals surface area contributed by atoms with Crippen LogP contribution < -0.4 is 0 Å². The molecule has 0 aromatic rings. The Labute approximate surface area is 153 Å². The van der Waals surface area contributed by atoms with Gasteiger partial charge in [0.25, 0.3) is 0 Å². The van der Waals surface area contributed by atoms with Crippen molar-refractivity contribution in [3.05, 3.63) is 0 Å². The van der Waals surface area contributed by atoms with Gasteiger partial charge in [0.1, 0.15) is 0 Å². The van der Waals surface area contributed by atoms with Crippen LogP contribution in [0, 0.1) is 28.6 Å². The lowest BCUT2D eigenvalue weighted by Gasteiger charge is -2.64. The minimum absolute atomic E-state index is 0.126. The Kier molecular flexibility index (Phi) is 5.95. The Bertz CT molecular complexity index is 488. The van der Waals surface area contributed by atoms with Crippen LogP contribution in [0.3, 0.4) is 0 Å². The first-order chi connectivity index (χ1) is 11.5. The second-order valence-corrected chi connectivity index (χ2v) is 9.58. The van der Waals surface area contributed by atoms with Gasteiger partial charge in [-0.25, -0.2) is 0 Å². The zero-order valence-electron chi connectivity index (χ0n) is 17.0. The molecule has 0 bridgehead atoms. The van der Waals surface area contributed by atoms with Gasteiger partial charge in [0, 0.05) is 11.8 Å². The fourth-order valence-electron chi connectivity index (χ4n) is 5.78. The van der Waals surface area contributed by atoms with E-state index in [1.54, 1.807) is 0 Å². The molecule has 4 nitrogen and oxygen atoms in total. The first-order valence-electron chi connectivity index (χ1n) is 9.96. The number of fused-ring (bicyclic) bond motifs is 1. The highest BCUT2D eigenvalue weighted by molar-refractivity contribution is 5.69. The van der Waals surface area contributed by atoms with Gasteiger partial charge in [-0.05, 0) is 68.6 Å². The van der Waals surface area contributed by atoms with Gasteiger partial charge in [0.05, 0.1) is 18.8 Å². The van der Waals surface area contributed by atoms with Crippen molar-refractivity contribution < 1.29 is 19.7 Å². The smallest absolute Gasteiger partial charge is 0.305 e. The second-order valence-electron chi connectivity index (χ2n) is 9.58. The lowest BCUT2D eigenvalue weighted by Crippen LogP contribution is -2.65. The number of ether oxygens (including phenoxy) is 1. The average Bonchev–Trinajstić information content (AvgIpc) is 2.55. The Morgan fingerprint density at radius 2 is 1.88 bits per heavy atom. The number of aliphatic hydroxyl groups excluding tert-OH is 1. The van der Waals surface area contributed by atoms with E-state index < -0.39 is 11.7 Å². The van der Waals surface area contributed by atoms with Crippen LogP contribution in [-0.4, -0.2) is 35.0 Å². The third-order valence-corrected chi connectivity index (χ3v) is 8.24. The van der Waals surface area contributed by atoms with E-state index in [9.17, 15) is 15.0 Å². The summed E-state index contributed by atoms with van der Waals surface area (Å²) < 4.78 is 4.80. The van der Waals surface area contributed by atoms with Crippen molar-refractivity contribution in [2.45, 2.75) is 91.3 Å². The summed E-state index contributed by atoms with van der Waals surface area (Å²) in [4.78, 5) is 11.5. The van der Waals surface area contributed by atoms with Crippen LogP contribution in [-0.2, 0) is 9.53 Å². The number of hydrogen-bond donors (Lipinski definition) is 2. The van der Waals surface area contributed by atoms with Crippen LogP contribution in [0.4, 0.5) is 0 Å². The molecule has 0 amide bonds. The average molecular weight is 355 g/mol. The zero-order valence-corrected chi connectivity index (χ0v) is 17.0. The van der Waals surface area contributed by atoms with Crippen LogP contribution >= 0.6 is 0 Å². The van der Waals surface area contributed by atoms with Gasteiger partial charge in [-0.15, -0.1) is 0 Å². The molecule has 0 unspecified atom stereocenters. The first kappa shape index (κ1) is 20.7. The minimum Gasteiger partial charge on any atom is -0.469 e. The summed E-state index contributed by atoms with van der Waals surface area (Å²) in [6, 6.07) is 0. The van der Waals surface area contributed by atoms with Crippen LogP contribution in [0.25, 0.3) is 0 Å². The number of rotatable bonds is 5. The van der Waals surface area contributed by atoms with Crippen LogP contribution in [0.5, 0.6) is 0 Å². The number of carbonyl (C=O) groups excluding carboxylic acids is 1. The third kappa shape index (κ3) is 3.49. The quantitative estimate of drug-likeness (QED) is 0.734. The summed E-state index contributed by atoms with van der Waals surface area (Å²) in [7, 11) is 1.44. The Morgan fingerprint density at radius 3 is 2.48 bits per heavy atom. The van der Waals surface area contributed by atoms with Crippen molar-refractivity contribution >= 4 is 5.97 Å². The summed E-state index contributed by atoms with van der Waals surface area (Å²) in [5.74, 6) is 1.15. The summed E-state index contributed by atoms with van der Waals surface area (Å²) in [6.45, 7) is 10.8. The number of hydrogen-bond acceptors (Lipinski definition) is 4. The summed E-state index contributed by atoms with van der Waals surface area (Å²) in [5, 5.41) is 21.6. The number of esters is 1. The molecule has 2 fully saturated rings. The molecule has 2 saturated carbocycles. The fourth-order valence-corrected chi connectivity index (χ4v) is 5.78. The number of methoxy groups -OCH3 is 1. The van der Waals surface area contributed by atoms with Crippen molar-refractivity contribution in [3.63, 3.8) is 0 Å². The van der Waals surface area contributed by atoms with E-state index >= 15 is 0 Å². The molecule has 0 aromatic carbocycles. The molecule has 2 aliphatic carbocycles. The van der Waals surface area contributed by atoms with E-state index in [0.717, 1.165) is 32.1 Å². The van der Waals surface area contributed by atoms with Crippen molar-refractivity contribution in [2.75, 3.05) is 7.11 Å². The topological polar surface area (TPSA) is 66.8 Å². The normalized spacial score (nSPS) is 45.5. The molecule has 0 heterocycles. The standard InChI is InChI=1S/C21H38O4/c1-14(13-18(23)25-6)9-11-19(3)15(2)10-12-20(4)16(19)7-8-17(22)21(20,5)24/h14-17,22,24H,7-13H2,1-6H3/t14-,15-,16-,17-,19+,20-,21+/m1/s1. The van der Waals surface area contributed by atoms with Crippen molar-refractivity contribution in [1.29, 1.82) is 0 Å². The molecule has 0 aliphatic heterocycles. The molecule has 146 valence electrons. The van der Waals surface area contributed by atoms with E-state index in [2.05, 4.69) is 27.7 Å². The van der Waals surface area contributed by atoms with Crippen LogP contribution in [0.1, 0.15) is 79.6 Å². The molecule has 2 N–H and O–H groups in total. The Morgan fingerprint density at radius 1 is 1.24 bits per heavy atom. The van der Waals surface area contributed by atoms with E-state index in [1.165, 1.54) is 7.11 Å². The van der Waals surface area contributed by atoms with E-state index in [1.807, 2.05) is 6.92 Å². The van der Waals surface area contributed by atoms with Crippen molar-refractivity contribution in [3.8, 4) is 0 Å². The van der Waals surface area contributed by atoms with Gasteiger partial charge in [-0.1, -0.05) is 27.7 Å². The predicted molar refractivity (Wildman–Crippen MR) is 99.0 cm³/mol. The van der Waals surface area contributed by atoms with Gasteiger partial charge < -0.3 is 14.9 Å². The molecule has 2 rings (SSSR count). The molecule has 2 aliphatic rings. The maximum Gasteiger partial charge on any atom is 0.305 e. The minimum atomic E-state index is -1.03. The summed E-state index contributed by atoms with van der Waals surface area (Å²) in [5.41, 5.74) is -1.16. The molecule has 0 radical (unpaired) electrons. The second kappa shape index (κ2) is 7.19. The van der Waals surface area contributed by atoms with Crippen LogP contribution in [0.2, 0.25) is 0 Å². The van der Waals surface area contributed by atoms with Gasteiger partial charge in [0.2, 0.25) is 0 Å². The summed E-state index contributed by atoms with van der Waals surface area (Å²) >= 11 is 0. The number of aliphatic hydroxyl groups is 2. The zero-order chi connectivity index (χ0) is 19.0. The van der Waals surface area contributed by atoms with Gasteiger partial charge in [-0.2, -0.15) is 0 Å². The maximum absolute atomic E-state index is 11.5. The highest BCUT2D eigenvalue weighted by atomic mass is 16.5. The highest BCUT2D eigenvalue weighted by Gasteiger charge is 2.62. The molecule has 0 saturated heterocycles. The monoisotopic (exact) mass is 354 g/mol. The molecular formula is C21H38O4. The van der Waals surface area contributed by atoms with E-state index in [-0.39, 0.29) is 16.8 Å². The summed E-state index contributed by atoms with van der Waals surface area (Å²) in [6.07, 6.45) is 5.58. The van der Waals surface area contributed by atoms with Crippen molar-refractivity contribution in [1.82, 2.24) is 0 Å². The van der Waals surface area contributed by atoms with Gasteiger partial charge in [-0.3, -0.25) is 4.79 Å². The molecule has 25 heavy (non-hydrogen) atoms. The molecule has 4 heteroatoms. The first-order valence-corrected chi connectivity index (χ1v) is 9.96. The lowest BCUT2D eigenvalue weighted by atomic mass is 9.43. The van der Waals surface area contributed by atoms with E-state index in [0.29, 0.717) is 30.6 Å². The largest absolute Gasteiger partial charge is 0.469 e.